The molecule has 2 aromatic carbocycles. The number of hydrogen-bond donors (Lipinski definition) is 2. The summed E-state index contributed by atoms with van der Waals surface area (Å²) in [7, 11) is 3.38. The number of carbonyl (C=O) groups is 1. The molecule has 0 aromatic heterocycles. The Morgan fingerprint density at radius 2 is 1.88 bits per heavy atom. The molecule has 0 aliphatic rings. The highest BCUT2D eigenvalue weighted by molar-refractivity contribution is 6.31. The van der Waals surface area contributed by atoms with Crippen LogP contribution >= 0.6 is 11.6 Å². The number of anilines is 1. The maximum atomic E-state index is 12.0. The fourth-order valence-corrected chi connectivity index (χ4v) is 2.37. The predicted octanol–water partition coefficient (Wildman–Crippen LogP) is 3.39. The molecule has 5 nitrogen and oxygen atoms in total. The van der Waals surface area contributed by atoms with E-state index in [9.17, 15) is 4.79 Å². The van der Waals surface area contributed by atoms with Gasteiger partial charge in [-0.2, -0.15) is 0 Å². The standard InChI is InChI=1S/C18H21ClN2O3/c1-12-4-6-14(7-5-12)21-18(22)11-24-17-9-15(19)13(10-20-2)8-16(17)23-3/h4-9,20H,10-11H2,1-3H3,(H,21,22). The van der Waals surface area contributed by atoms with Crippen molar-refractivity contribution in [2.45, 2.75) is 13.5 Å². The number of rotatable bonds is 7. The van der Waals surface area contributed by atoms with Crippen LogP contribution in [0.3, 0.4) is 0 Å². The number of methoxy groups -OCH3 is 1. The molecule has 0 aliphatic heterocycles. The number of carbonyl (C=O) groups excluding carboxylic acids is 1. The van der Waals surface area contributed by atoms with E-state index in [1.807, 2.05) is 38.2 Å². The topological polar surface area (TPSA) is 59.6 Å². The fraction of sp³-hybridized carbons (Fsp3) is 0.278. The summed E-state index contributed by atoms with van der Waals surface area (Å²) >= 11 is 6.22. The molecule has 1 amide bonds. The van der Waals surface area contributed by atoms with Crippen molar-refractivity contribution < 1.29 is 14.3 Å². The summed E-state index contributed by atoms with van der Waals surface area (Å²) in [5.41, 5.74) is 2.75. The molecule has 0 spiro atoms. The molecule has 0 heterocycles. The van der Waals surface area contributed by atoms with Gasteiger partial charge in [-0.1, -0.05) is 29.3 Å². The van der Waals surface area contributed by atoms with Gasteiger partial charge >= 0.3 is 0 Å². The number of hydrogen-bond acceptors (Lipinski definition) is 4. The van der Waals surface area contributed by atoms with Gasteiger partial charge in [0.2, 0.25) is 0 Å². The second-order valence-corrected chi connectivity index (χ2v) is 5.73. The highest BCUT2D eigenvalue weighted by Gasteiger charge is 2.12. The van der Waals surface area contributed by atoms with E-state index < -0.39 is 0 Å². The molecule has 0 radical (unpaired) electrons. The zero-order chi connectivity index (χ0) is 17.5. The molecule has 24 heavy (non-hydrogen) atoms. The Balaban J connectivity index is 2.01. The highest BCUT2D eigenvalue weighted by Crippen LogP contribution is 2.33. The Morgan fingerprint density at radius 3 is 2.50 bits per heavy atom. The lowest BCUT2D eigenvalue weighted by Crippen LogP contribution is -2.20. The summed E-state index contributed by atoms with van der Waals surface area (Å²) in [5.74, 6) is 0.713. The summed E-state index contributed by atoms with van der Waals surface area (Å²) in [6.07, 6.45) is 0. The number of amides is 1. The Hall–Kier alpha value is -2.24. The van der Waals surface area contributed by atoms with Crippen molar-refractivity contribution in [2.24, 2.45) is 0 Å². The first-order valence-corrected chi connectivity index (χ1v) is 7.91. The number of halogens is 1. The van der Waals surface area contributed by atoms with Gasteiger partial charge in [0.05, 0.1) is 7.11 Å². The van der Waals surface area contributed by atoms with E-state index in [-0.39, 0.29) is 12.5 Å². The molecular weight excluding hydrogens is 328 g/mol. The molecule has 0 bridgehead atoms. The quantitative estimate of drug-likeness (QED) is 0.805. The van der Waals surface area contributed by atoms with Crippen molar-refractivity contribution in [3.8, 4) is 11.5 Å². The van der Waals surface area contributed by atoms with Gasteiger partial charge in [-0.05, 0) is 37.7 Å². The molecule has 6 heteroatoms. The second-order valence-electron chi connectivity index (χ2n) is 5.33. The Morgan fingerprint density at radius 1 is 1.17 bits per heavy atom. The van der Waals surface area contributed by atoms with Crippen LogP contribution in [0.5, 0.6) is 11.5 Å². The summed E-state index contributed by atoms with van der Waals surface area (Å²) in [6, 6.07) is 11.0. The molecule has 128 valence electrons. The van der Waals surface area contributed by atoms with Gasteiger partial charge < -0.3 is 20.1 Å². The largest absolute Gasteiger partial charge is 0.493 e. The van der Waals surface area contributed by atoms with Crippen LogP contribution in [0.4, 0.5) is 5.69 Å². The third-order valence-corrected chi connectivity index (χ3v) is 3.75. The third kappa shape index (κ3) is 4.88. The van der Waals surface area contributed by atoms with Crippen molar-refractivity contribution >= 4 is 23.2 Å². The maximum Gasteiger partial charge on any atom is 0.262 e. The van der Waals surface area contributed by atoms with Gasteiger partial charge in [0.15, 0.2) is 18.1 Å². The highest BCUT2D eigenvalue weighted by atomic mass is 35.5. The number of aryl methyl sites for hydroxylation is 1. The third-order valence-electron chi connectivity index (χ3n) is 3.39. The molecule has 0 saturated carbocycles. The SMILES string of the molecule is CNCc1cc(OC)c(OCC(=O)Nc2ccc(C)cc2)cc1Cl. The monoisotopic (exact) mass is 348 g/mol. The minimum Gasteiger partial charge on any atom is -0.493 e. The van der Waals surface area contributed by atoms with Crippen LogP contribution in [0.15, 0.2) is 36.4 Å². The Bertz CT molecular complexity index is 702. The first kappa shape index (κ1) is 18.1. The van der Waals surface area contributed by atoms with E-state index in [1.165, 1.54) is 0 Å². The predicted molar refractivity (Wildman–Crippen MR) is 96.1 cm³/mol. The molecule has 2 N–H and O–H groups in total. The second kappa shape index (κ2) is 8.57. The van der Waals surface area contributed by atoms with Crippen molar-refractivity contribution in [2.75, 3.05) is 26.1 Å². The lowest BCUT2D eigenvalue weighted by Gasteiger charge is -2.14. The molecule has 0 aliphatic carbocycles. The van der Waals surface area contributed by atoms with Gasteiger partial charge in [0.1, 0.15) is 0 Å². The van der Waals surface area contributed by atoms with Gasteiger partial charge in [-0.3, -0.25) is 4.79 Å². The molecular formula is C18H21ClN2O3. The number of benzene rings is 2. The normalized spacial score (nSPS) is 10.3. The average Bonchev–Trinajstić information content (AvgIpc) is 2.57. The minimum atomic E-state index is -0.253. The fourth-order valence-electron chi connectivity index (χ4n) is 2.15. The van der Waals surface area contributed by atoms with E-state index in [0.717, 1.165) is 16.8 Å². The zero-order valence-corrected chi connectivity index (χ0v) is 14.7. The average molecular weight is 349 g/mol. The molecule has 0 unspecified atom stereocenters. The van der Waals surface area contributed by atoms with Crippen molar-refractivity contribution in [3.63, 3.8) is 0 Å². The van der Waals surface area contributed by atoms with Crippen molar-refractivity contribution in [1.82, 2.24) is 5.32 Å². The van der Waals surface area contributed by atoms with Crippen LogP contribution in [0.2, 0.25) is 5.02 Å². The van der Waals surface area contributed by atoms with Gasteiger partial charge in [0.25, 0.3) is 5.91 Å². The minimum absolute atomic E-state index is 0.133. The van der Waals surface area contributed by atoms with Crippen LogP contribution < -0.4 is 20.1 Å². The van der Waals surface area contributed by atoms with Gasteiger partial charge in [-0.25, -0.2) is 0 Å². The lowest BCUT2D eigenvalue weighted by molar-refractivity contribution is -0.118. The van der Waals surface area contributed by atoms with Crippen LogP contribution in [0.25, 0.3) is 0 Å². The number of nitrogens with one attached hydrogen (secondary N) is 2. The first-order chi connectivity index (χ1) is 11.5. The van der Waals surface area contributed by atoms with E-state index in [0.29, 0.717) is 23.1 Å². The zero-order valence-electron chi connectivity index (χ0n) is 14.0. The summed E-state index contributed by atoms with van der Waals surface area (Å²) < 4.78 is 10.9. The van der Waals surface area contributed by atoms with E-state index in [1.54, 1.807) is 19.2 Å². The van der Waals surface area contributed by atoms with Crippen LogP contribution in [-0.2, 0) is 11.3 Å². The lowest BCUT2D eigenvalue weighted by atomic mass is 10.2. The Kier molecular flexibility index (Phi) is 6.46. The van der Waals surface area contributed by atoms with Gasteiger partial charge in [0, 0.05) is 23.3 Å². The molecule has 0 atom stereocenters. The molecule has 0 fully saturated rings. The van der Waals surface area contributed by atoms with E-state index in [2.05, 4.69) is 10.6 Å². The molecule has 2 rings (SSSR count). The molecule has 0 saturated heterocycles. The Labute approximate surface area is 146 Å². The molecule has 2 aromatic rings. The van der Waals surface area contributed by atoms with Crippen molar-refractivity contribution in [3.05, 3.63) is 52.5 Å². The number of ether oxygens (including phenoxy) is 2. The van der Waals surface area contributed by atoms with E-state index >= 15 is 0 Å². The van der Waals surface area contributed by atoms with Crippen LogP contribution in [0.1, 0.15) is 11.1 Å². The van der Waals surface area contributed by atoms with Crippen LogP contribution in [-0.4, -0.2) is 26.7 Å². The maximum absolute atomic E-state index is 12.0. The first-order valence-electron chi connectivity index (χ1n) is 7.54. The summed E-state index contributed by atoms with van der Waals surface area (Å²) in [4.78, 5) is 12.0. The smallest absolute Gasteiger partial charge is 0.262 e. The van der Waals surface area contributed by atoms with Crippen LogP contribution in [0, 0.1) is 6.92 Å². The summed E-state index contributed by atoms with van der Waals surface area (Å²) in [5, 5.41) is 6.36. The van der Waals surface area contributed by atoms with Gasteiger partial charge in [-0.15, -0.1) is 0 Å². The van der Waals surface area contributed by atoms with Crippen molar-refractivity contribution in [1.29, 1.82) is 0 Å². The van der Waals surface area contributed by atoms with E-state index in [4.69, 9.17) is 21.1 Å². The summed E-state index contributed by atoms with van der Waals surface area (Å²) in [6.45, 7) is 2.47.